The summed E-state index contributed by atoms with van der Waals surface area (Å²) in [5.41, 5.74) is 1.67. The number of hydrogen-bond acceptors (Lipinski definition) is 2. The van der Waals surface area contributed by atoms with E-state index in [4.69, 9.17) is 0 Å². The van der Waals surface area contributed by atoms with Crippen molar-refractivity contribution >= 4 is 5.91 Å². The molecule has 1 aliphatic rings. The number of nitrogens with zero attached hydrogens (tertiary/aromatic N) is 2. The summed E-state index contributed by atoms with van der Waals surface area (Å²) < 4.78 is 12.9. The molecule has 1 fully saturated rings. The van der Waals surface area contributed by atoms with Crippen molar-refractivity contribution in [2.75, 3.05) is 13.1 Å². The Kier molecular flexibility index (Phi) is 5.01. The van der Waals surface area contributed by atoms with Crippen LogP contribution in [0, 0.1) is 11.7 Å². The first-order valence-electron chi connectivity index (χ1n) is 8.17. The number of likely N-dealkylation sites (tertiary alicyclic amines) is 1. The third kappa shape index (κ3) is 4.15. The number of carbonyl (C=O) groups is 1. The molecule has 0 spiro atoms. The van der Waals surface area contributed by atoms with E-state index in [2.05, 4.69) is 4.98 Å². The molecule has 0 bridgehead atoms. The van der Waals surface area contributed by atoms with E-state index >= 15 is 0 Å². The molecule has 2 heterocycles. The molecule has 0 N–H and O–H groups in total. The second-order valence-corrected chi connectivity index (χ2v) is 6.14. The van der Waals surface area contributed by atoms with Crippen LogP contribution in [0.15, 0.2) is 48.7 Å². The van der Waals surface area contributed by atoms with Crippen LogP contribution in [0.3, 0.4) is 0 Å². The topological polar surface area (TPSA) is 33.2 Å². The van der Waals surface area contributed by atoms with Gasteiger partial charge >= 0.3 is 0 Å². The minimum Gasteiger partial charge on any atom is -0.337 e. The van der Waals surface area contributed by atoms with Crippen LogP contribution in [-0.2, 0) is 6.42 Å². The highest BCUT2D eigenvalue weighted by Crippen LogP contribution is 2.22. The smallest absolute Gasteiger partial charge is 0.272 e. The molecule has 2 aromatic rings. The predicted octanol–water partition coefficient (Wildman–Crippen LogP) is 3.71. The Hall–Kier alpha value is -2.23. The first kappa shape index (κ1) is 15.7. The second-order valence-electron chi connectivity index (χ2n) is 6.14. The van der Waals surface area contributed by atoms with Crippen molar-refractivity contribution in [2.45, 2.75) is 25.7 Å². The van der Waals surface area contributed by atoms with Crippen LogP contribution < -0.4 is 0 Å². The number of carbonyl (C=O) groups excluding carboxylic acids is 1. The number of aromatic nitrogens is 1. The second kappa shape index (κ2) is 7.36. The molecular formula is C19H21FN2O. The molecule has 1 aromatic heterocycles. The lowest BCUT2D eigenvalue weighted by Gasteiger charge is -2.32. The first-order chi connectivity index (χ1) is 11.2. The van der Waals surface area contributed by atoms with Gasteiger partial charge in [0.2, 0.25) is 0 Å². The summed E-state index contributed by atoms with van der Waals surface area (Å²) in [4.78, 5) is 18.6. The molecule has 1 amide bonds. The third-order valence-electron chi connectivity index (χ3n) is 4.44. The molecule has 1 saturated heterocycles. The van der Waals surface area contributed by atoms with Gasteiger partial charge in [0, 0.05) is 19.3 Å². The molecule has 0 radical (unpaired) electrons. The standard InChI is InChI=1S/C19H21FN2O/c20-17-10-8-15(9-11-17)6-7-16-4-3-13-22(14-16)19(23)18-5-1-2-12-21-18/h1-2,5,8-12,16H,3-4,6-7,13-14H2/t16-/m1/s1. The highest BCUT2D eigenvalue weighted by Gasteiger charge is 2.24. The number of aryl methyl sites for hydroxylation is 1. The zero-order valence-electron chi connectivity index (χ0n) is 13.1. The molecular weight excluding hydrogens is 291 g/mol. The van der Waals surface area contributed by atoms with Crippen LogP contribution in [0.25, 0.3) is 0 Å². The summed E-state index contributed by atoms with van der Waals surface area (Å²) in [6.45, 7) is 1.60. The van der Waals surface area contributed by atoms with E-state index in [9.17, 15) is 9.18 Å². The van der Waals surface area contributed by atoms with Crippen LogP contribution in [0.5, 0.6) is 0 Å². The highest BCUT2D eigenvalue weighted by atomic mass is 19.1. The Labute approximate surface area is 136 Å². The summed E-state index contributed by atoms with van der Waals surface area (Å²) in [6, 6.07) is 12.1. The van der Waals surface area contributed by atoms with Crippen molar-refractivity contribution in [1.82, 2.24) is 9.88 Å². The molecule has 3 nitrogen and oxygen atoms in total. The van der Waals surface area contributed by atoms with E-state index in [1.165, 1.54) is 12.1 Å². The van der Waals surface area contributed by atoms with Gasteiger partial charge in [-0.25, -0.2) is 4.39 Å². The molecule has 3 rings (SSSR count). The van der Waals surface area contributed by atoms with Gasteiger partial charge in [-0.3, -0.25) is 9.78 Å². The number of halogens is 1. The Morgan fingerprint density at radius 3 is 2.78 bits per heavy atom. The van der Waals surface area contributed by atoms with Crippen molar-refractivity contribution in [3.63, 3.8) is 0 Å². The normalized spacial score (nSPS) is 18.0. The minimum absolute atomic E-state index is 0.0251. The third-order valence-corrected chi connectivity index (χ3v) is 4.44. The van der Waals surface area contributed by atoms with E-state index in [-0.39, 0.29) is 11.7 Å². The molecule has 0 aliphatic carbocycles. The number of hydrogen-bond donors (Lipinski definition) is 0. The summed E-state index contributed by atoms with van der Waals surface area (Å²) in [7, 11) is 0. The monoisotopic (exact) mass is 312 g/mol. The molecule has 0 saturated carbocycles. The molecule has 23 heavy (non-hydrogen) atoms. The van der Waals surface area contributed by atoms with Gasteiger partial charge in [-0.15, -0.1) is 0 Å². The van der Waals surface area contributed by atoms with Crippen molar-refractivity contribution in [1.29, 1.82) is 0 Å². The van der Waals surface area contributed by atoms with Crippen LogP contribution >= 0.6 is 0 Å². The zero-order chi connectivity index (χ0) is 16.1. The van der Waals surface area contributed by atoms with Crippen molar-refractivity contribution in [3.8, 4) is 0 Å². The molecule has 4 heteroatoms. The maximum absolute atomic E-state index is 12.9. The lowest BCUT2D eigenvalue weighted by molar-refractivity contribution is 0.0662. The van der Waals surface area contributed by atoms with E-state index in [1.807, 2.05) is 29.2 Å². The fourth-order valence-electron chi connectivity index (χ4n) is 3.16. The van der Waals surface area contributed by atoms with Crippen LogP contribution in [-0.4, -0.2) is 28.9 Å². The van der Waals surface area contributed by atoms with Gasteiger partial charge in [0.15, 0.2) is 0 Å². The summed E-state index contributed by atoms with van der Waals surface area (Å²) in [5, 5.41) is 0. The highest BCUT2D eigenvalue weighted by molar-refractivity contribution is 5.92. The molecule has 1 atom stereocenters. The Morgan fingerprint density at radius 1 is 1.22 bits per heavy atom. The lowest BCUT2D eigenvalue weighted by atomic mass is 9.91. The summed E-state index contributed by atoms with van der Waals surface area (Å²) in [6.07, 6.45) is 5.79. The average molecular weight is 312 g/mol. The maximum atomic E-state index is 12.9. The number of pyridine rings is 1. The van der Waals surface area contributed by atoms with Crippen molar-refractivity contribution < 1.29 is 9.18 Å². The van der Waals surface area contributed by atoms with Gasteiger partial charge < -0.3 is 4.90 Å². The lowest BCUT2D eigenvalue weighted by Crippen LogP contribution is -2.40. The van der Waals surface area contributed by atoms with Gasteiger partial charge in [-0.1, -0.05) is 18.2 Å². The van der Waals surface area contributed by atoms with E-state index in [0.29, 0.717) is 11.6 Å². The SMILES string of the molecule is O=C(c1ccccn1)N1CCC[C@H](CCc2ccc(F)cc2)C1. The summed E-state index contributed by atoms with van der Waals surface area (Å²) >= 11 is 0. The van der Waals surface area contributed by atoms with E-state index in [1.54, 1.807) is 12.3 Å². The van der Waals surface area contributed by atoms with E-state index < -0.39 is 0 Å². The van der Waals surface area contributed by atoms with E-state index in [0.717, 1.165) is 44.3 Å². The van der Waals surface area contributed by atoms with Gasteiger partial charge in [-0.2, -0.15) is 0 Å². The predicted molar refractivity (Wildman–Crippen MR) is 87.6 cm³/mol. The maximum Gasteiger partial charge on any atom is 0.272 e. The van der Waals surface area contributed by atoms with Crippen LogP contribution in [0.2, 0.25) is 0 Å². The largest absolute Gasteiger partial charge is 0.337 e. The van der Waals surface area contributed by atoms with Crippen molar-refractivity contribution in [2.24, 2.45) is 5.92 Å². The molecule has 1 aliphatic heterocycles. The molecule has 0 unspecified atom stereocenters. The van der Waals surface area contributed by atoms with Crippen molar-refractivity contribution in [3.05, 3.63) is 65.7 Å². The van der Waals surface area contributed by atoms with Gasteiger partial charge in [0.05, 0.1) is 0 Å². The fourth-order valence-corrected chi connectivity index (χ4v) is 3.16. The Bertz CT molecular complexity index is 642. The quantitative estimate of drug-likeness (QED) is 0.862. The molecule has 1 aromatic carbocycles. The first-order valence-corrected chi connectivity index (χ1v) is 8.17. The fraction of sp³-hybridized carbons (Fsp3) is 0.368. The number of amides is 1. The number of benzene rings is 1. The number of rotatable bonds is 4. The average Bonchev–Trinajstić information content (AvgIpc) is 2.61. The van der Waals surface area contributed by atoms with Crippen LogP contribution in [0.1, 0.15) is 35.3 Å². The Balaban J connectivity index is 1.56. The number of piperidine rings is 1. The summed E-state index contributed by atoms with van der Waals surface area (Å²) in [5.74, 6) is 0.331. The molecule has 120 valence electrons. The van der Waals surface area contributed by atoms with Gasteiger partial charge in [0.25, 0.3) is 5.91 Å². The zero-order valence-corrected chi connectivity index (χ0v) is 13.1. The minimum atomic E-state index is -0.196. The Morgan fingerprint density at radius 2 is 2.04 bits per heavy atom. The van der Waals surface area contributed by atoms with Gasteiger partial charge in [0.1, 0.15) is 11.5 Å². The van der Waals surface area contributed by atoms with Gasteiger partial charge in [-0.05, 0) is 61.4 Å². The van der Waals surface area contributed by atoms with Crippen LogP contribution in [0.4, 0.5) is 4.39 Å².